The first kappa shape index (κ1) is 23.9. The van der Waals surface area contributed by atoms with Crippen molar-refractivity contribution in [2.24, 2.45) is 0 Å². The van der Waals surface area contributed by atoms with Gasteiger partial charge in [-0.3, -0.25) is 14.5 Å². The Kier molecular flexibility index (Phi) is 7.55. The van der Waals surface area contributed by atoms with E-state index in [2.05, 4.69) is 0 Å². The predicted molar refractivity (Wildman–Crippen MR) is 132 cm³/mol. The van der Waals surface area contributed by atoms with Crippen LogP contribution in [0.3, 0.4) is 0 Å². The minimum atomic E-state index is -0.478. The zero-order chi connectivity index (χ0) is 24.1. The molecule has 1 saturated heterocycles. The molecule has 4 rings (SSSR count). The van der Waals surface area contributed by atoms with E-state index in [0.29, 0.717) is 29.4 Å². The average molecular weight is 498 g/mol. The lowest BCUT2D eigenvalue weighted by atomic mass is 10.2. The van der Waals surface area contributed by atoms with E-state index in [9.17, 15) is 14.0 Å². The van der Waals surface area contributed by atoms with E-state index >= 15 is 0 Å². The molecule has 0 radical (unpaired) electrons. The molecule has 0 atom stereocenters. The van der Waals surface area contributed by atoms with Crippen molar-refractivity contribution in [1.82, 2.24) is 4.90 Å². The van der Waals surface area contributed by atoms with Crippen molar-refractivity contribution in [3.05, 3.63) is 99.2 Å². The zero-order valence-corrected chi connectivity index (χ0v) is 19.9. The fourth-order valence-electron chi connectivity index (χ4n) is 3.22. The third-order valence-corrected chi connectivity index (χ3v) is 6.30. The smallest absolute Gasteiger partial charge is 0.293 e. The number of carbonyl (C=O) groups is 2. The van der Waals surface area contributed by atoms with Crippen LogP contribution in [0.1, 0.15) is 16.7 Å². The largest absolute Gasteiger partial charge is 0.490 e. The predicted octanol–water partition coefficient (Wildman–Crippen LogP) is 6.48. The summed E-state index contributed by atoms with van der Waals surface area (Å²) in [5, 5.41) is -0.229. The highest BCUT2D eigenvalue weighted by atomic mass is 35.5. The van der Waals surface area contributed by atoms with Crippen molar-refractivity contribution in [1.29, 1.82) is 0 Å². The van der Waals surface area contributed by atoms with Crippen molar-refractivity contribution in [3.63, 3.8) is 0 Å². The molecule has 3 aromatic rings. The molecule has 5 nitrogen and oxygen atoms in total. The number of rotatable bonds is 8. The third kappa shape index (κ3) is 5.98. The van der Waals surface area contributed by atoms with Gasteiger partial charge in [-0.1, -0.05) is 47.5 Å². The molecular weight excluding hydrogens is 477 g/mol. The number of benzene rings is 3. The Morgan fingerprint density at radius 1 is 0.941 bits per heavy atom. The molecule has 1 aliphatic rings. The van der Waals surface area contributed by atoms with Gasteiger partial charge < -0.3 is 9.47 Å². The van der Waals surface area contributed by atoms with Gasteiger partial charge in [0.05, 0.1) is 11.4 Å². The maximum Gasteiger partial charge on any atom is 0.293 e. The number of thioether (sulfide) groups is 1. The van der Waals surface area contributed by atoms with Crippen LogP contribution in [-0.2, 0) is 11.3 Å². The van der Waals surface area contributed by atoms with Gasteiger partial charge in [0, 0.05) is 5.02 Å². The second-order valence-corrected chi connectivity index (χ2v) is 8.98. The summed E-state index contributed by atoms with van der Waals surface area (Å²) in [6, 6.07) is 18.9. The van der Waals surface area contributed by atoms with Crippen LogP contribution in [0.4, 0.5) is 9.18 Å². The molecule has 2 amide bonds. The topological polar surface area (TPSA) is 55.8 Å². The van der Waals surface area contributed by atoms with Gasteiger partial charge in [0.1, 0.15) is 30.5 Å². The van der Waals surface area contributed by atoms with Crippen molar-refractivity contribution < 1.29 is 23.5 Å². The molecule has 0 N–H and O–H groups in total. The molecule has 0 bridgehead atoms. The maximum absolute atomic E-state index is 13.3. The Morgan fingerprint density at radius 3 is 2.18 bits per heavy atom. The summed E-state index contributed by atoms with van der Waals surface area (Å²) in [4.78, 5) is 26.5. The summed E-state index contributed by atoms with van der Waals surface area (Å²) in [6.07, 6.45) is 1.65. The van der Waals surface area contributed by atoms with Crippen LogP contribution in [0.2, 0.25) is 5.02 Å². The van der Waals surface area contributed by atoms with Crippen LogP contribution in [0, 0.1) is 12.7 Å². The molecule has 0 aromatic heterocycles. The quantitative estimate of drug-likeness (QED) is 0.263. The van der Waals surface area contributed by atoms with E-state index in [4.69, 9.17) is 21.1 Å². The van der Waals surface area contributed by atoms with Crippen LogP contribution in [0.15, 0.2) is 71.6 Å². The van der Waals surface area contributed by atoms with Gasteiger partial charge in [-0.25, -0.2) is 4.39 Å². The van der Waals surface area contributed by atoms with Gasteiger partial charge in [0.25, 0.3) is 11.1 Å². The molecule has 3 aromatic carbocycles. The first-order valence-corrected chi connectivity index (χ1v) is 11.7. The standard InChI is InChI=1S/C26H21ClFNO4S/c1-17-2-8-21(9-3-17)32-12-13-33-22-10-4-18(5-11-22)14-24-25(30)29(26(31)34-24)16-19-6-7-20(28)15-23(19)27/h2-11,14-15H,12-13,16H2,1H3/b24-14-. The summed E-state index contributed by atoms with van der Waals surface area (Å²) in [5.74, 6) is 0.571. The third-order valence-electron chi connectivity index (χ3n) is 5.04. The molecular formula is C26H21ClFNO4S. The number of imide groups is 1. The first-order valence-electron chi connectivity index (χ1n) is 10.5. The molecule has 1 fully saturated rings. The monoisotopic (exact) mass is 497 g/mol. The molecule has 0 spiro atoms. The van der Waals surface area contributed by atoms with E-state index < -0.39 is 17.0 Å². The molecule has 0 unspecified atom stereocenters. The summed E-state index contributed by atoms with van der Waals surface area (Å²) in [6.45, 7) is 2.80. The number of hydrogen-bond acceptors (Lipinski definition) is 5. The number of ether oxygens (including phenoxy) is 2. The Morgan fingerprint density at radius 2 is 1.56 bits per heavy atom. The van der Waals surface area contributed by atoms with Gasteiger partial charge in [-0.15, -0.1) is 0 Å². The normalized spacial score (nSPS) is 14.7. The highest BCUT2D eigenvalue weighted by Gasteiger charge is 2.35. The van der Waals surface area contributed by atoms with Crippen LogP contribution >= 0.6 is 23.4 Å². The Hall–Kier alpha value is -3.29. The van der Waals surface area contributed by atoms with Crippen LogP contribution < -0.4 is 9.47 Å². The SMILES string of the molecule is Cc1ccc(OCCOc2ccc(/C=C3\SC(=O)N(Cc4ccc(F)cc4Cl)C3=O)cc2)cc1. The number of nitrogens with zero attached hydrogens (tertiary/aromatic N) is 1. The highest BCUT2D eigenvalue weighted by Crippen LogP contribution is 2.34. The number of halogens is 2. The molecule has 1 aliphatic heterocycles. The minimum absolute atomic E-state index is 0.0153. The molecule has 174 valence electrons. The molecule has 34 heavy (non-hydrogen) atoms. The highest BCUT2D eigenvalue weighted by molar-refractivity contribution is 8.18. The second kappa shape index (κ2) is 10.8. The van der Waals surface area contributed by atoms with Gasteiger partial charge in [-0.2, -0.15) is 0 Å². The average Bonchev–Trinajstić information content (AvgIpc) is 3.08. The lowest BCUT2D eigenvalue weighted by molar-refractivity contribution is -0.123. The van der Waals surface area contributed by atoms with E-state index in [1.54, 1.807) is 30.3 Å². The van der Waals surface area contributed by atoms with Gasteiger partial charge >= 0.3 is 0 Å². The Labute approximate surface area is 206 Å². The van der Waals surface area contributed by atoms with E-state index in [1.807, 2.05) is 31.2 Å². The summed E-state index contributed by atoms with van der Waals surface area (Å²) in [7, 11) is 0. The van der Waals surface area contributed by atoms with E-state index in [-0.39, 0.29) is 11.6 Å². The molecule has 0 aliphatic carbocycles. The zero-order valence-electron chi connectivity index (χ0n) is 18.3. The Bertz CT molecular complexity index is 1230. The van der Waals surface area contributed by atoms with E-state index in [0.717, 1.165) is 34.0 Å². The maximum atomic E-state index is 13.3. The fourth-order valence-corrected chi connectivity index (χ4v) is 4.29. The van der Waals surface area contributed by atoms with Crippen LogP contribution in [-0.4, -0.2) is 29.3 Å². The Balaban J connectivity index is 1.32. The number of carbonyl (C=O) groups excluding carboxylic acids is 2. The molecule has 1 heterocycles. The van der Waals surface area contributed by atoms with Crippen LogP contribution in [0.5, 0.6) is 11.5 Å². The molecule has 0 saturated carbocycles. The van der Waals surface area contributed by atoms with Gasteiger partial charge in [0.15, 0.2) is 0 Å². The summed E-state index contributed by atoms with van der Waals surface area (Å²) < 4.78 is 24.6. The summed E-state index contributed by atoms with van der Waals surface area (Å²) >= 11 is 6.89. The van der Waals surface area contributed by atoms with Crippen molar-refractivity contribution in [2.45, 2.75) is 13.5 Å². The van der Waals surface area contributed by atoms with Crippen molar-refractivity contribution in [3.8, 4) is 11.5 Å². The minimum Gasteiger partial charge on any atom is -0.490 e. The summed E-state index contributed by atoms with van der Waals surface area (Å²) in [5.41, 5.74) is 2.43. The number of hydrogen-bond donors (Lipinski definition) is 0. The number of amides is 2. The molecule has 8 heteroatoms. The van der Waals surface area contributed by atoms with Crippen molar-refractivity contribution in [2.75, 3.05) is 13.2 Å². The van der Waals surface area contributed by atoms with Gasteiger partial charge in [-0.05, 0) is 72.3 Å². The fraction of sp³-hybridized carbons (Fsp3) is 0.154. The first-order chi connectivity index (χ1) is 16.4. The lowest BCUT2D eigenvalue weighted by Gasteiger charge is -2.13. The number of aryl methyl sites for hydroxylation is 1. The lowest BCUT2D eigenvalue weighted by Crippen LogP contribution is -2.27. The van der Waals surface area contributed by atoms with Crippen LogP contribution in [0.25, 0.3) is 6.08 Å². The van der Waals surface area contributed by atoms with Crippen molar-refractivity contribution >= 4 is 40.6 Å². The second-order valence-electron chi connectivity index (χ2n) is 7.58. The van der Waals surface area contributed by atoms with E-state index in [1.165, 1.54) is 17.7 Å². The van der Waals surface area contributed by atoms with Gasteiger partial charge in [0.2, 0.25) is 0 Å².